The maximum Gasteiger partial charge on any atom is 0.387 e. The highest BCUT2D eigenvalue weighted by molar-refractivity contribution is 5.71. The highest BCUT2D eigenvalue weighted by Gasteiger charge is 2.22. The fourth-order valence-corrected chi connectivity index (χ4v) is 4.50. The third-order valence-electron chi connectivity index (χ3n) is 6.44. The summed E-state index contributed by atoms with van der Waals surface area (Å²) in [4.78, 5) is 0. The van der Waals surface area contributed by atoms with E-state index < -0.39 is 18.2 Å². The lowest BCUT2D eigenvalue weighted by molar-refractivity contribution is -0.0498. The fraction of sp³-hybridized carbons (Fsp3) is 0.357. The monoisotopic (exact) mass is 474 g/mol. The Morgan fingerprint density at radius 2 is 1.44 bits per heavy atom. The SMILES string of the molecule is C.CCC1CCC(c2ccc(-c3ccc(F)c(F)c3Oc3ccc(OC(F)F)cc3)cc2)CC1. The van der Waals surface area contributed by atoms with E-state index in [2.05, 4.69) is 11.7 Å². The van der Waals surface area contributed by atoms with E-state index >= 15 is 0 Å². The third kappa shape index (κ3) is 5.91. The molecule has 1 aliphatic rings. The molecule has 0 radical (unpaired) electrons. The van der Waals surface area contributed by atoms with Gasteiger partial charge in [-0.25, -0.2) is 4.39 Å². The van der Waals surface area contributed by atoms with Gasteiger partial charge in [-0.1, -0.05) is 45.0 Å². The van der Waals surface area contributed by atoms with Crippen molar-refractivity contribution in [2.75, 3.05) is 0 Å². The molecule has 3 aromatic carbocycles. The average molecular weight is 475 g/mol. The highest BCUT2D eigenvalue weighted by atomic mass is 19.3. The first-order valence-corrected chi connectivity index (χ1v) is 11.3. The Morgan fingerprint density at radius 1 is 0.824 bits per heavy atom. The lowest BCUT2D eigenvalue weighted by atomic mass is 9.77. The average Bonchev–Trinajstić information content (AvgIpc) is 2.83. The quantitative estimate of drug-likeness (QED) is 0.318. The van der Waals surface area contributed by atoms with Crippen LogP contribution >= 0.6 is 0 Å². The summed E-state index contributed by atoms with van der Waals surface area (Å²) >= 11 is 0. The van der Waals surface area contributed by atoms with Crippen LogP contribution < -0.4 is 9.47 Å². The van der Waals surface area contributed by atoms with Crippen molar-refractivity contribution in [3.8, 4) is 28.4 Å². The van der Waals surface area contributed by atoms with Gasteiger partial charge in [0.25, 0.3) is 0 Å². The van der Waals surface area contributed by atoms with Crippen LogP contribution in [0.15, 0.2) is 60.7 Å². The lowest BCUT2D eigenvalue weighted by Crippen LogP contribution is -2.12. The van der Waals surface area contributed by atoms with Gasteiger partial charge in [-0.15, -0.1) is 0 Å². The number of hydrogen-bond donors (Lipinski definition) is 0. The van der Waals surface area contributed by atoms with Crippen LogP contribution in [-0.2, 0) is 0 Å². The Labute approximate surface area is 198 Å². The van der Waals surface area contributed by atoms with Crippen molar-refractivity contribution in [1.29, 1.82) is 0 Å². The molecular formula is C28H30F4O2. The van der Waals surface area contributed by atoms with Crippen molar-refractivity contribution in [2.24, 2.45) is 5.92 Å². The topological polar surface area (TPSA) is 18.5 Å². The normalized spacial score (nSPS) is 17.8. The summed E-state index contributed by atoms with van der Waals surface area (Å²) in [7, 11) is 0. The first-order chi connectivity index (χ1) is 15.9. The number of alkyl halides is 2. The van der Waals surface area contributed by atoms with E-state index in [-0.39, 0.29) is 24.7 Å². The maximum absolute atomic E-state index is 14.7. The van der Waals surface area contributed by atoms with Gasteiger partial charge in [-0.3, -0.25) is 0 Å². The van der Waals surface area contributed by atoms with Gasteiger partial charge in [0.2, 0.25) is 5.82 Å². The molecule has 2 nitrogen and oxygen atoms in total. The minimum Gasteiger partial charge on any atom is -0.454 e. The molecule has 0 N–H and O–H groups in total. The minimum atomic E-state index is -2.95. The van der Waals surface area contributed by atoms with Crippen molar-refractivity contribution in [2.45, 2.75) is 59.0 Å². The van der Waals surface area contributed by atoms with Crippen molar-refractivity contribution in [1.82, 2.24) is 0 Å². The first-order valence-electron chi connectivity index (χ1n) is 11.3. The van der Waals surface area contributed by atoms with Crippen LogP contribution in [0, 0.1) is 17.6 Å². The molecule has 0 amide bonds. The van der Waals surface area contributed by atoms with Gasteiger partial charge >= 0.3 is 6.61 Å². The smallest absolute Gasteiger partial charge is 0.387 e. The first kappa shape index (κ1) is 25.6. The molecule has 4 rings (SSSR count). The standard InChI is InChI=1S/C27H26F4O2.CH4/c1-2-17-3-5-18(6-4-17)19-7-9-20(10-8-19)23-15-16-24(28)25(29)26(23)32-21-11-13-22(14-12-21)33-27(30)31;/h7-18,27H,2-6H2,1H3;1H4. The summed E-state index contributed by atoms with van der Waals surface area (Å²) in [5.41, 5.74) is 2.36. The number of halogens is 4. The van der Waals surface area contributed by atoms with Crippen molar-refractivity contribution < 1.29 is 27.0 Å². The molecular weight excluding hydrogens is 444 g/mol. The molecule has 1 aliphatic carbocycles. The summed E-state index contributed by atoms with van der Waals surface area (Å²) in [5.74, 6) is -0.936. The van der Waals surface area contributed by atoms with Crippen molar-refractivity contribution in [3.63, 3.8) is 0 Å². The molecule has 0 unspecified atom stereocenters. The Morgan fingerprint density at radius 3 is 2.03 bits per heavy atom. The number of benzene rings is 3. The maximum atomic E-state index is 14.7. The fourth-order valence-electron chi connectivity index (χ4n) is 4.50. The van der Waals surface area contributed by atoms with Crippen LogP contribution in [-0.4, -0.2) is 6.61 Å². The van der Waals surface area contributed by atoms with Crippen LogP contribution in [0.3, 0.4) is 0 Å². The second-order valence-electron chi connectivity index (χ2n) is 8.44. The number of rotatable bonds is 7. The van der Waals surface area contributed by atoms with Crippen LogP contribution in [0.25, 0.3) is 11.1 Å². The van der Waals surface area contributed by atoms with Crippen LogP contribution in [0.5, 0.6) is 17.2 Å². The zero-order chi connectivity index (χ0) is 23.4. The zero-order valence-electron chi connectivity index (χ0n) is 18.4. The minimum absolute atomic E-state index is 0. The molecule has 3 aromatic rings. The molecule has 1 fully saturated rings. The van der Waals surface area contributed by atoms with E-state index in [4.69, 9.17) is 4.74 Å². The Bertz CT molecular complexity index is 1060. The van der Waals surface area contributed by atoms with E-state index in [1.54, 1.807) is 0 Å². The van der Waals surface area contributed by atoms with Gasteiger partial charge in [0.1, 0.15) is 11.5 Å². The molecule has 0 spiro atoms. The Kier molecular flexibility index (Phi) is 8.59. The van der Waals surface area contributed by atoms with Gasteiger partial charge in [0.15, 0.2) is 11.6 Å². The van der Waals surface area contributed by atoms with Crippen molar-refractivity contribution >= 4 is 0 Å². The third-order valence-corrected chi connectivity index (χ3v) is 6.44. The van der Waals surface area contributed by atoms with E-state index in [0.717, 1.165) is 12.0 Å². The van der Waals surface area contributed by atoms with Gasteiger partial charge in [-0.05, 0) is 85.0 Å². The second-order valence-corrected chi connectivity index (χ2v) is 8.44. The molecule has 34 heavy (non-hydrogen) atoms. The molecule has 0 saturated heterocycles. The van der Waals surface area contributed by atoms with Crippen LogP contribution in [0.4, 0.5) is 17.6 Å². The molecule has 0 bridgehead atoms. The van der Waals surface area contributed by atoms with Crippen molar-refractivity contribution in [3.05, 3.63) is 77.9 Å². The molecule has 0 aromatic heterocycles. The Hall–Kier alpha value is -3.02. The van der Waals surface area contributed by atoms with Crippen LogP contribution in [0.2, 0.25) is 0 Å². The van der Waals surface area contributed by atoms with Gasteiger partial charge in [0, 0.05) is 5.56 Å². The Balaban J connectivity index is 0.00000324. The predicted octanol–water partition coefficient (Wildman–Crippen LogP) is 9.35. The van der Waals surface area contributed by atoms with Gasteiger partial charge in [0.05, 0.1) is 0 Å². The van der Waals surface area contributed by atoms with Gasteiger partial charge < -0.3 is 9.47 Å². The summed E-state index contributed by atoms with van der Waals surface area (Å²) in [6.45, 7) is -0.707. The lowest BCUT2D eigenvalue weighted by Gasteiger charge is -2.28. The second kappa shape index (κ2) is 11.4. The summed E-state index contributed by atoms with van der Waals surface area (Å²) in [5, 5.41) is 0. The largest absolute Gasteiger partial charge is 0.454 e. The van der Waals surface area contributed by atoms with E-state index in [0.29, 0.717) is 17.0 Å². The van der Waals surface area contributed by atoms with Gasteiger partial charge in [-0.2, -0.15) is 13.2 Å². The highest BCUT2D eigenvalue weighted by Crippen LogP contribution is 2.40. The predicted molar refractivity (Wildman–Crippen MR) is 127 cm³/mol. The zero-order valence-corrected chi connectivity index (χ0v) is 18.4. The molecule has 6 heteroatoms. The number of ether oxygens (including phenoxy) is 2. The van der Waals surface area contributed by atoms with E-state index in [1.807, 2.05) is 24.3 Å². The summed E-state index contributed by atoms with van der Waals surface area (Å²) in [6.07, 6.45) is 6.05. The molecule has 1 saturated carbocycles. The van der Waals surface area contributed by atoms with E-state index in [1.165, 1.54) is 68.0 Å². The van der Waals surface area contributed by atoms with E-state index in [9.17, 15) is 17.6 Å². The molecule has 0 atom stereocenters. The summed E-state index contributed by atoms with van der Waals surface area (Å²) in [6, 6.07) is 15.7. The summed E-state index contributed by atoms with van der Waals surface area (Å²) < 4.78 is 63.3. The molecule has 0 aliphatic heterocycles. The molecule has 182 valence electrons. The molecule has 0 heterocycles. The van der Waals surface area contributed by atoms with Crippen LogP contribution in [0.1, 0.15) is 57.9 Å². The number of hydrogen-bond acceptors (Lipinski definition) is 2.